The second kappa shape index (κ2) is 10.6. The van der Waals surface area contributed by atoms with Crippen molar-refractivity contribution < 1.29 is 4.42 Å². The molecule has 1 heterocycles. The van der Waals surface area contributed by atoms with Crippen LogP contribution in [0.4, 0.5) is 17.1 Å². The summed E-state index contributed by atoms with van der Waals surface area (Å²) in [6.45, 7) is 4.65. The highest BCUT2D eigenvalue weighted by Crippen LogP contribution is 2.51. The predicted molar refractivity (Wildman–Crippen MR) is 195 cm³/mol. The maximum Gasteiger partial charge on any atom is 0.227 e. The first-order valence-electron chi connectivity index (χ1n) is 16.1. The van der Waals surface area contributed by atoms with E-state index in [1.165, 1.54) is 27.8 Å². The topological polar surface area (TPSA) is 29.3 Å². The third-order valence-electron chi connectivity index (χ3n) is 9.67. The normalized spacial score (nSPS) is 13.1. The SMILES string of the molecule is CC1(C)c2ccccc2-c2cc(N(c3cccc(-c4ccccc4)c3)c3cc4ccccc4c4nc(-c5ccccc5)oc34)ccc21. The molecular formula is C44H32N2O. The van der Waals surface area contributed by atoms with Crippen molar-refractivity contribution in [2.75, 3.05) is 4.90 Å². The van der Waals surface area contributed by atoms with E-state index in [0.717, 1.165) is 50.1 Å². The number of benzene rings is 7. The Kier molecular flexibility index (Phi) is 6.16. The molecule has 0 atom stereocenters. The molecule has 47 heavy (non-hydrogen) atoms. The lowest BCUT2D eigenvalue weighted by molar-refractivity contribution is 0.620. The summed E-state index contributed by atoms with van der Waals surface area (Å²) in [5.74, 6) is 0.612. The van der Waals surface area contributed by atoms with Gasteiger partial charge in [-0.2, -0.15) is 0 Å². The smallest absolute Gasteiger partial charge is 0.227 e. The Morgan fingerprint density at radius 3 is 2.02 bits per heavy atom. The van der Waals surface area contributed by atoms with Gasteiger partial charge in [-0.25, -0.2) is 4.98 Å². The number of oxazole rings is 1. The van der Waals surface area contributed by atoms with Crippen LogP contribution in [0.2, 0.25) is 0 Å². The van der Waals surface area contributed by atoms with Crippen LogP contribution < -0.4 is 4.90 Å². The summed E-state index contributed by atoms with van der Waals surface area (Å²) >= 11 is 0. The fraction of sp³-hybridized carbons (Fsp3) is 0.0682. The van der Waals surface area contributed by atoms with E-state index in [2.05, 4.69) is 146 Å². The second-order valence-electron chi connectivity index (χ2n) is 12.8. The zero-order valence-electron chi connectivity index (χ0n) is 26.3. The van der Waals surface area contributed by atoms with E-state index in [0.29, 0.717) is 5.89 Å². The largest absolute Gasteiger partial charge is 0.434 e. The van der Waals surface area contributed by atoms with E-state index in [-0.39, 0.29) is 5.41 Å². The second-order valence-corrected chi connectivity index (χ2v) is 12.8. The summed E-state index contributed by atoms with van der Waals surface area (Å²) < 4.78 is 6.76. The minimum absolute atomic E-state index is 0.0752. The van der Waals surface area contributed by atoms with Crippen molar-refractivity contribution in [1.29, 1.82) is 0 Å². The zero-order valence-corrected chi connectivity index (χ0v) is 26.3. The van der Waals surface area contributed by atoms with Crippen molar-refractivity contribution in [2.45, 2.75) is 19.3 Å². The van der Waals surface area contributed by atoms with Crippen molar-refractivity contribution in [3.63, 3.8) is 0 Å². The highest BCUT2D eigenvalue weighted by molar-refractivity contribution is 6.11. The average molecular weight is 605 g/mol. The fourth-order valence-corrected chi connectivity index (χ4v) is 7.33. The molecule has 0 saturated carbocycles. The Balaban J connectivity index is 1.33. The van der Waals surface area contributed by atoms with Crippen LogP contribution in [0, 0.1) is 0 Å². The third-order valence-corrected chi connectivity index (χ3v) is 9.67. The van der Waals surface area contributed by atoms with Gasteiger partial charge in [-0.15, -0.1) is 0 Å². The number of hydrogen-bond donors (Lipinski definition) is 0. The average Bonchev–Trinajstić information content (AvgIpc) is 3.67. The molecule has 1 aromatic heterocycles. The molecule has 0 radical (unpaired) electrons. The minimum atomic E-state index is -0.0752. The van der Waals surface area contributed by atoms with Crippen LogP contribution in [0.15, 0.2) is 162 Å². The first kappa shape index (κ1) is 27.4. The highest BCUT2D eigenvalue weighted by atomic mass is 16.3. The molecule has 9 rings (SSSR count). The summed E-state index contributed by atoms with van der Waals surface area (Å²) in [4.78, 5) is 7.46. The van der Waals surface area contributed by atoms with Gasteiger partial charge in [0.25, 0.3) is 0 Å². The predicted octanol–water partition coefficient (Wildman–Crippen LogP) is 12.1. The van der Waals surface area contributed by atoms with Gasteiger partial charge in [-0.05, 0) is 81.2 Å². The Labute approximate surface area is 274 Å². The summed E-state index contributed by atoms with van der Waals surface area (Å²) in [6.07, 6.45) is 0. The summed E-state index contributed by atoms with van der Waals surface area (Å²) in [7, 11) is 0. The Hall–Kier alpha value is -5.93. The molecule has 0 amide bonds. The van der Waals surface area contributed by atoms with Crippen LogP contribution in [0.5, 0.6) is 0 Å². The van der Waals surface area contributed by atoms with Gasteiger partial charge in [0.2, 0.25) is 5.89 Å². The molecule has 0 unspecified atom stereocenters. The van der Waals surface area contributed by atoms with Crippen LogP contribution in [-0.2, 0) is 5.41 Å². The fourth-order valence-electron chi connectivity index (χ4n) is 7.33. The molecule has 7 aromatic carbocycles. The lowest BCUT2D eigenvalue weighted by Crippen LogP contribution is -2.15. The maximum atomic E-state index is 6.76. The van der Waals surface area contributed by atoms with Crippen molar-refractivity contribution in [3.05, 3.63) is 169 Å². The summed E-state index contributed by atoms with van der Waals surface area (Å²) in [5.41, 5.74) is 13.1. The summed E-state index contributed by atoms with van der Waals surface area (Å²) in [5, 5.41) is 2.18. The van der Waals surface area contributed by atoms with Crippen molar-refractivity contribution in [3.8, 4) is 33.7 Å². The Morgan fingerprint density at radius 2 is 1.19 bits per heavy atom. The number of nitrogens with zero attached hydrogens (tertiary/aromatic N) is 2. The van der Waals surface area contributed by atoms with E-state index < -0.39 is 0 Å². The van der Waals surface area contributed by atoms with Crippen molar-refractivity contribution in [1.82, 2.24) is 4.98 Å². The maximum absolute atomic E-state index is 6.76. The molecule has 0 saturated heterocycles. The van der Waals surface area contributed by atoms with Gasteiger partial charge in [0, 0.05) is 27.7 Å². The quantitative estimate of drug-likeness (QED) is 0.196. The molecule has 0 aliphatic heterocycles. The van der Waals surface area contributed by atoms with Gasteiger partial charge >= 0.3 is 0 Å². The minimum Gasteiger partial charge on any atom is -0.434 e. The van der Waals surface area contributed by atoms with E-state index in [1.807, 2.05) is 30.3 Å². The van der Waals surface area contributed by atoms with Crippen molar-refractivity contribution >= 4 is 38.9 Å². The van der Waals surface area contributed by atoms with Gasteiger partial charge in [0.05, 0.1) is 5.69 Å². The van der Waals surface area contributed by atoms with E-state index in [1.54, 1.807) is 0 Å². The molecule has 1 aliphatic carbocycles. The van der Waals surface area contributed by atoms with Crippen LogP contribution in [0.3, 0.4) is 0 Å². The Bertz CT molecular complexity index is 2440. The number of anilines is 3. The lowest BCUT2D eigenvalue weighted by Gasteiger charge is -2.28. The number of hydrogen-bond acceptors (Lipinski definition) is 3. The monoisotopic (exact) mass is 604 g/mol. The van der Waals surface area contributed by atoms with Crippen molar-refractivity contribution in [2.24, 2.45) is 0 Å². The number of aromatic nitrogens is 1. The van der Waals surface area contributed by atoms with Crippen LogP contribution in [0.1, 0.15) is 25.0 Å². The molecule has 0 N–H and O–H groups in total. The molecule has 0 fully saturated rings. The molecule has 0 bridgehead atoms. The Morgan fingerprint density at radius 1 is 0.532 bits per heavy atom. The van der Waals surface area contributed by atoms with E-state index in [9.17, 15) is 0 Å². The van der Waals surface area contributed by atoms with E-state index in [4.69, 9.17) is 9.40 Å². The first-order valence-corrected chi connectivity index (χ1v) is 16.1. The van der Waals surface area contributed by atoms with Crippen LogP contribution >= 0.6 is 0 Å². The molecule has 8 aromatic rings. The van der Waals surface area contributed by atoms with Gasteiger partial charge in [-0.1, -0.05) is 129 Å². The molecule has 3 nitrogen and oxygen atoms in total. The molecule has 1 aliphatic rings. The van der Waals surface area contributed by atoms with Crippen LogP contribution in [-0.4, -0.2) is 4.98 Å². The van der Waals surface area contributed by atoms with Crippen LogP contribution in [0.25, 0.3) is 55.6 Å². The number of fused-ring (bicyclic) bond motifs is 6. The standard InChI is InChI=1S/C44H32N2O/c1-44(2)38-23-12-11-22-36(38)37-28-34(24-25-39(37)44)46(33-20-13-19-31(26-33)29-14-5-3-6-15-29)40-27-32-18-9-10-21-35(32)41-42(40)47-43(45-41)30-16-7-4-8-17-30/h3-28H,1-2H3. The zero-order chi connectivity index (χ0) is 31.5. The van der Waals surface area contributed by atoms with E-state index >= 15 is 0 Å². The first-order chi connectivity index (χ1) is 23.1. The highest BCUT2D eigenvalue weighted by Gasteiger charge is 2.35. The lowest BCUT2D eigenvalue weighted by atomic mass is 9.82. The van der Waals surface area contributed by atoms with Gasteiger partial charge in [0.1, 0.15) is 5.52 Å². The van der Waals surface area contributed by atoms with Gasteiger partial charge < -0.3 is 9.32 Å². The molecule has 3 heteroatoms. The summed E-state index contributed by atoms with van der Waals surface area (Å²) in [6, 6.07) is 55.9. The molecular weight excluding hydrogens is 572 g/mol. The van der Waals surface area contributed by atoms with Gasteiger partial charge in [0.15, 0.2) is 5.58 Å². The third kappa shape index (κ3) is 4.39. The molecule has 224 valence electrons. The van der Waals surface area contributed by atoms with Gasteiger partial charge in [-0.3, -0.25) is 0 Å². The number of rotatable bonds is 5. The molecule has 0 spiro atoms.